The zero-order valence-corrected chi connectivity index (χ0v) is 8.37. The van der Waals surface area contributed by atoms with E-state index >= 15 is 0 Å². The second-order valence-corrected chi connectivity index (χ2v) is 3.24. The lowest BCUT2D eigenvalue weighted by Crippen LogP contribution is -2.01. The Labute approximate surface area is 77.5 Å². The van der Waals surface area contributed by atoms with Crippen molar-refractivity contribution >= 4 is 5.97 Å². The molecule has 0 spiro atoms. The van der Waals surface area contributed by atoms with E-state index in [1.165, 1.54) is 7.11 Å². The van der Waals surface area contributed by atoms with Crippen LogP contribution in [0.4, 0.5) is 0 Å². The number of ether oxygens (including phenoxy) is 1. The largest absolute Gasteiger partial charge is 0.464 e. The van der Waals surface area contributed by atoms with Crippen molar-refractivity contribution in [2.45, 2.75) is 19.8 Å². The van der Waals surface area contributed by atoms with Gasteiger partial charge in [-0.25, -0.2) is 9.78 Å². The summed E-state index contributed by atoms with van der Waals surface area (Å²) in [6.07, 6.45) is 1.68. The lowest BCUT2D eigenvalue weighted by Gasteiger charge is -2.02. The summed E-state index contributed by atoms with van der Waals surface area (Å²) in [5.41, 5.74) is 0.369. The molecule has 13 heavy (non-hydrogen) atoms. The number of nitrogens with zero attached hydrogens (tertiary/aromatic N) is 2. The van der Waals surface area contributed by atoms with Gasteiger partial charge in [-0.3, -0.25) is 0 Å². The molecule has 0 aliphatic carbocycles. The first-order valence-electron chi connectivity index (χ1n) is 4.17. The highest BCUT2D eigenvalue weighted by molar-refractivity contribution is 5.86. The third kappa shape index (κ3) is 1.88. The van der Waals surface area contributed by atoms with Crippen LogP contribution in [0.25, 0.3) is 0 Å². The topological polar surface area (TPSA) is 44.1 Å². The van der Waals surface area contributed by atoms with Crippen molar-refractivity contribution in [2.75, 3.05) is 7.11 Å². The van der Waals surface area contributed by atoms with E-state index in [0.29, 0.717) is 11.6 Å². The molecule has 0 unspecified atom stereocenters. The molecule has 4 heteroatoms. The van der Waals surface area contributed by atoms with E-state index in [9.17, 15) is 4.79 Å². The van der Waals surface area contributed by atoms with Crippen LogP contribution in [0.5, 0.6) is 0 Å². The number of hydrogen-bond donors (Lipinski definition) is 0. The Morgan fingerprint density at radius 3 is 2.62 bits per heavy atom. The summed E-state index contributed by atoms with van der Waals surface area (Å²) < 4.78 is 6.41. The Morgan fingerprint density at radius 1 is 1.62 bits per heavy atom. The predicted molar refractivity (Wildman–Crippen MR) is 48.6 cm³/mol. The predicted octanol–water partition coefficient (Wildman–Crippen LogP) is 1.33. The molecule has 1 aromatic rings. The minimum absolute atomic E-state index is 0.309. The van der Waals surface area contributed by atoms with Gasteiger partial charge in [-0.1, -0.05) is 13.8 Å². The maximum Gasteiger partial charge on any atom is 0.358 e. The van der Waals surface area contributed by atoms with E-state index in [1.54, 1.807) is 6.20 Å². The molecule has 0 fully saturated rings. The molecule has 4 nitrogen and oxygen atoms in total. The molecule has 0 atom stereocenters. The number of imidazole rings is 1. The number of rotatable bonds is 2. The van der Waals surface area contributed by atoms with Gasteiger partial charge in [-0.2, -0.15) is 0 Å². The first-order chi connectivity index (χ1) is 6.06. The fourth-order valence-corrected chi connectivity index (χ4v) is 1.22. The first kappa shape index (κ1) is 9.77. The zero-order chi connectivity index (χ0) is 10.0. The van der Waals surface area contributed by atoms with Gasteiger partial charge in [0.05, 0.1) is 7.11 Å². The first-order valence-corrected chi connectivity index (χ1v) is 4.17. The lowest BCUT2D eigenvalue weighted by molar-refractivity contribution is 0.0594. The van der Waals surface area contributed by atoms with E-state index in [-0.39, 0.29) is 5.97 Å². The van der Waals surface area contributed by atoms with E-state index in [2.05, 4.69) is 9.72 Å². The van der Waals surface area contributed by atoms with Gasteiger partial charge < -0.3 is 9.30 Å². The lowest BCUT2D eigenvalue weighted by atomic mass is 10.2. The summed E-state index contributed by atoms with van der Waals surface area (Å²) >= 11 is 0. The van der Waals surface area contributed by atoms with Crippen LogP contribution in [0.1, 0.15) is 36.1 Å². The summed E-state index contributed by atoms with van der Waals surface area (Å²) in [6, 6.07) is 0. The van der Waals surface area contributed by atoms with Gasteiger partial charge in [-0.05, 0) is 0 Å². The minimum Gasteiger partial charge on any atom is -0.464 e. The second-order valence-electron chi connectivity index (χ2n) is 3.24. The SMILES string of the molecule is COC(=O)c1cn(C)c(C(C)C)n1. The number of aryl methyl sites for hydroxylation is 1. The highest BCUT2D eigenvalue weighted by Crippen LogP contribution is 2.12. The van der Waals surface area contributed by atoms with Crippen molar-refractivity contribution < 1.29 is 9.53 Å². The van der Waals surface area contributed by atoms with E-state index in [0.717, 1.165) is 5.82 Å². The molecule has 0 bridgehead atoms. The van der Waals surface area contributed by atoms with Crippen molar-refractivity contribution in [1.29, 1.82) is 0 Å². The summed E-state index contributed by atoms with van der Waals surface area (Å²) in [4.78, 5) is 15.3. The fourth-order valence-electron chi connectivity index (χ4n) is 1.22. The third-order valence-electron chi connectivity index (χ3n) is 1.82. The average molecular weight is 182 g/mol. The van der Waals surface area contributed by atoms with Crippen LogP contribution >= 0.6 is 0 Å². The number of aromatic nitrogens is 2. The van der Waals surface area contributed by atoms with Crippen LogP contribution in [-0.2, 0) is 11.8 Å². The van der Waals surface area contributed by atoms with Crippen molar-refractivity contribution in [2.24, 2.45) is 7.05 Å². The van der Waals surface area contributed by atoms with Crippen LogP contribution in [-0.4, -0.2) is 22.6 Å². The standard InChI is InChI=1S/C9H14N2O2/c1-6(2)8-10-7(5-11(8)3)9(12)13-4/h5-6H,1-4H3. The van der Waals surface area contributed by atoms with Crippen LogP contribution < -0.4 is 0 Å². The number of carbonyl (C=O) groups is 1. The van der Waals surface area contributed by atoms with E-state index in [4.69, 9.17) is 0 Å². The van der Waals surface area contributed by atoms with Gasteiger partial charge in [0.1, 0.15) is 5.82 Å². The maximum atomic E-state index is 11.1. The minimum atomic E-state index is -0.387. The normalized spacial score (nSPS) is 10.5. The molecule has 1 aromatic heterocycles. The van der Waals surface area contributed by atoms with Crippen molar-refractivity contribution in [1.82, 2.24) is 9.55 Å². The average Bonchev–Trinajstić information content (AvgIpc) is 2.46. The summed E-state index contributed by atoms with van der Waals surface area (Å²) in [5.74, 6) is 0.811. The van der Waals surface area contributed by atoms with Crippen LogP contribution in [0.15, 0.2) is 6.20 Å². The molecular formula is C9H14N2O2. The molecule has 1 rings (SSSR count). The Morgan fingerprint density at radius 2 is 2.23 bits per heavy atom. The number of esters is 1. The van der Waals surface area contributed by atoms with Gasteiger partial charge in [-0.15, -0.1) is 0 Å². The monoisotopic (exact) mass is 182 g/mol. The fraction of sp³-hybridized carbons (Fsp3) is 0.556. The highest BCUT2D eigenvalue weighted by Gasteiger charge is 2.14. The summed E-state index contributed by atoms with van der Waals surface area (Å²) in [6.45, 7) is 4.06. The number of hydrogen-bond acceptors (Lipinski definition) is 3. The van der Waals surface area contributed by atoms with Crippen molar-refractivity contribution in [3.8, 4) is 0 Å². The van der Waals surface area contributed by atoms with Gasteiger partial charge in [0, 0.05) is 19.2 Å². The van der Waals surface area contributed by atoms with E-state index in [1.807, 2.05) is 25.5 Å². The Bertz CT molecular complexity index is 315. The summed E-state index contributed by atoms with van der Waals surface area (Å²) in [5, 5.41) is 0. The number of carbonyl (C=O) groups excluding carboxylic acids is 1. The Hall–Kier alpha value is -1.32. The third-order valence-corrected chi connectivity index (χ3v) is 1.82. The highest BCUT2D eigenvalue weighted by atomic mass is 16.5. The van der Waals surface area contributed by atoms with Crippen molar-refractivity contribution in [3.63, 3.8) is 0 Å². The van der Waals surface area contributed by atoms with Crippen molar-refractivity contribution in [3.05, 3.63) is 17.7 Å². The molecule has 0 aliphatic heterocycles. The molecule has 0 aliphatic rings. The Balaban J connectivity index is 3.02. The van der Waals surface area contributed by atoms with Crippen LogP contribution in [0.3, 0.4) is 0 Å². The second kappa shape index (κ2) is 3.60. The molecule has 0 amide bonds. The smallest absolute Gasteiger partial charge is 0.358 e. The maximum absolute atomic E-state index is 11.1. The zero-order valence-electron chi connectivity index (χ0n) is 8.37. The molecule has 0 N–H and O–H groups in total. The van der Waals surface area contributed by atoms with Crippen LogP contribution in [0.2, 0.25) is 0 Å². The molecule has 0 radical (unpaired) electrons. The van der Waals surface area contributed by atoms with Gasteiger partial charge in [0.15, 0.2) is 5.69 Å². The molecule has 0 saturated carbocycles. The van der Waals surface area contributed by atoms with Crippen LogP contribution in [0, 0.1) is 0 Å². The number of methoxy groups -OCH3 is 1. The Kier molecular flexibility index (Phi) is 2.70. The van der Waals surface area contributed by atoms with Gasteiger partial charge in [0.2, 0.25) is 0 Å². The quantitative estimate of drug-likeness (QED) is 0.648. The molecule has 0 saturated heterocycles. The summed E-state index contributed by atoms with van der Waals surface area (Å²) in [7, 11) is 3.22. The van der Waals surface area contributed by atoms with Gasteiger partial charge in [0.25, 0.3) is 0 Å². The molecule has 0 aromatic carbocycles. The van der Waals surface area contributed by atoms with E-state index < -0.39 is 0 Å². The molecular weight excluding hydrogens is 168 g/mol. The molecule has 1 heterocycles. The molecule has 72 valence electrons. The van der Waals surface area contributed by atoms with Gasteiger partial charge >= 0.3 is 5.97 Å².